The minimum atomic E-state index is -0.650. The molecule has 2 aromatic rings. The number of ether oxygens (including phenoxy) is 3. The normalized spacial score (nSPS) is 31.6. The van der Waals surface area contributed by atoms with E-state index in [9.17, 15) is 0 Å². The third-order valence-electron chi connectivity index (χ3n) is 4.48. The Morgan fingerprint density at radius 1 is 1.21 bits per heavy atom. The van der Waals surface area contributed by atoms with Gasteiger partial charge in [-0.05, 0) is 33.2 Å². The molecule has 4 rings (SSSR count). The Morgan fingerprint density at radius 2 is 2.00 bits per heavy atom. The van der Waals surface area contributed by atoms with Crippen LogP contribution in [0.5, 0.6) is 0 Å². The molecule has 0 aliphatic carbocycles. The summed E-state index contributed by atoms with van der Waals surface area (Å²) in [4.78, 5) is 12.6. The zero-order valence-electron chi connectivity index (χ0n) is 13.8. The number of hydrogen-bond acceptors (Lipinski definition) is 8. The average Bonchev–Trinajstić information content (AvgIpc) is 3.17. The van der Waals surface area contributed by atoms with Crippen LogP contribution >= 0.6 is 0 Å². The molecule has 2 fully saturated rings. The van der Waals surface area contributed by atoms with Crippen LogP contribution < -0.4 is 11.5 Å². The number of nitrogen functional groups attached to an aromatic ring is 1. The minimum absolute atomic E-state index is 0.0815. The molecule has 2 aliphatic rings. The predicted octanol–water partition coefficient (Wildman–Crippen LogP) is 0.565. The lowest BCUT2D eigenvalue weighted by molar-refractivity contribution is -0.197. The smallest absolute Gasteiger partial charge is 0.167 e. The highest BCUT2D eigenvalue weighted by Gasteiger charge is 2.55. The molecule has 4 atom stereocenters. The molecule has 4 heterocycles. The van der Waals surface area contributed by atoms with Gasteiger partial charge in [-0.2, -0.15) is 0 Å². The van der Waals surface area contributed by atoms with Gasteiger partial charge in [0.15, 0.2) is 23.5 Å². The van der Waals surface area contributed by atoms with Gasteiger partial charge >= 0.3 is 0 Å². The molecule has 9 heteroatoms. The quantitative estimate of drug-likeness (QED) is 0.831. The van der Waals surface area contributed by atoms with Gasteiger partial charge in [-0.3, -0.25) is 4.57 Å². The molecule has 0 saturated carbocycles. The van der Waals surface area contributed by atoms with Gasteiger partial charge in [0, 0.05) is 0 Å². The van der Waals surface area contributed by atoms with E-state index >= 15 is 0 Å². The van der Waals surface area contributed by atoms with Crippen molar-refractivity contribution in [3.8, 4) is 0 Å². The first-order valence-electron chi connectivity index (χ1n) is 8.14. The summed E-state index contributed by atoms with van der Waals surface area (Å²) < 4.78 is 20.2. The largest absolute Gasteiger partial charge is 0.382 e. The molecule has 2 saturated heterocycles. The van der Waals surface area contributed by atoms with Crippen molar-refractivity contribution in [3.63, 3.8) is 0 Å². The van der Waals surface area contributed by atoms with E-state index in [1.54, 1.807) is 6.33 Å². The molecule has 0 bridgehead atoms. The molecule has 0 unspecified atom stereocenters. The van der Waals surface area contributed by atoms with Crippen LogP contribution in [0.15, 0.2) is 12.7 Å². The van der Waals surface area contributed by atoms with E-state index in [4.69, 9.17) is 25.7 Å². The lowest BCUT2D eigenvalue weighted by atomic mass is 10.1. The molecule has 2 aliphatic heterocycles. The first-order chi connectivity index (χ1) is 11.5. The van der Waals surface area contributed by atoms with Crippen molar-refractivity contribution >= 4 is 17.0 Å². The van der Waals surface area contributed by atoms with Gasteiger partial charge < -0.3 is 25.7 Å². The zero-order valence-corrected chi connectivity index (χ0v) is 13.8. The van der Waals surface area contributed by atoms with Gasteiger partial charge in [-0.1, -0.05) is 0 Å². The molecule has 0 amide bonds. The first-order valence-corrected chi connectivity index (χ1v) is 8.14. The number of rotatable bonds is 4. The molecular weight excluding hydrogens is 312 g/mol. The molecule has 0 aromatic carbocycles. The molecule has 9 nitrogen and oxygen atoms in total. The summed E-state index contributed by atoms with van der Waals surface area (Å²) in [7, 11) is 0. The SMILES string of the molecule is CC1(C)O[C@H]2[C@H](O1)[C@@H](CCCN)O[C@H]2n1cnc2c(N)ncnc21. The summed E-state index contributed by atoms with van der Waals surface area (Å²) in [5.74, 6) is -0.306. The summed E-state index contributed by atoms with van der Waals surface area (Å²) >= 11 is 0. The highest BCUT2D eigenvalue weighted by Crippen LogP contribution is 2.44. The number of imidazole rings is 1. The summed E-state index contributed by atoms with van der Waals surface area (Å²) in [5, 5.41) is 0. The third kappa shape index (κ3) is 2.44. The summed E-state index contributed by atoms with van der Waals surface area (Å²) in [6.07, 6.45) is 3.92. The fourth-order valence-corrected chi connectivity index (χ4v) is 3.49. The van der Waals surface area contributed by atoms with Crippen LogP contribution in [-0.2, 0) is 14.2 Å². The van der Waals surface area contributed by atoms with Gasteiger partial charge in [0.2, 0.25) is 0 Å². The molecule has 0 radical (unpaired) electrons. The lowest BCUT2D eigenvalue weighted by Crippen LogP contribution is -2.29. The fraction of sp³-hybridized carbons (Fsp3) is 0.667. The second-order valence-electron chi connectivity index (χ2n) is 6.64. The Morgan fingerprint density at radius 3 is 2.79 bits per heavy atom. The first kappa shape index (κ1) is 15.7. The van der Waals surface area contributed by atoms with E-state index in [0.717, 1.165) is 12.8 Å². The van der Waals surface area contributed by atoms with Crippen LogP contribution in [-0.4, -0.2) is 50.2 Å². The number of anilines is 1. The Labute approximate surface area is 139 Å². The maximum atomic E-state index is 6.23. The summed E-state index contributed by atoms with van der Waals surface area (Å²) in [5.41, 5.74) is 12.7. The van der Waals surface area contributed by atoms with Crippen molar-refractivity contribution < 1.29 is 14.2 Å². The van der Waals surface area contributed by atoms with Crippen molar-refractivity contribution in [2.24, 2.45) is 5.73 Å². The van der Waals surface area contributed by atoms with Crippen LogP contribution in [0.25, 0.3) is 11.2 Å². The fourth-order valence-electron chi connectivity index (χ4n) is 3.49. The molecule has 24 heavy (non-hydrogen) atoms. The Hall–Kier alpha value is -1.81. The van der Waals surface area contributed by atoms with Gasteiger partial charge in [0.25, 0.3) is 0 Å². The number of nitrogens with two attached hydrogens (primary N) is 2. The molecule has 2 aromatic heterocycles. The number of aromatic nitrogens is 4. The highest BCUT2D eigenvalue weighted by atomic mass is 16.8. The van der Waals surface area contributed by atoms with Gasteiger partial charge in [0.05, 0.1) is 12.4 Å². The zero-order chi connectivity index (χ0) is 16.9. The topological polar surface area (TPSA) is 123 Å². The lowest BCUT2D eigenvalue weighted by Gasteiger charge is -2.24. The predicted molar refractivity (Wildman–Crippen MR) is 85.8 cm³/mol. The molecule has 130 valence electrons. The second kappa shape index (κ2) is 5.62. The van der Waals surface area contributed by atoms with E-state index in [-0.39, 0.29) is 24.5 Å². The van der Waals surface area contributed by atoms with Gasteiger partial charge in [-0.25, -0.2) is 15.0 Å². The molecule has 4 N–H and O–H groups in total. The Balaban J connectivity index is 1.70. The Bertz CT molecular complexity index is 748. The van der Waals surface area contributed by atoms with E-state index in [0.29, 0.717) is 23.5 Å². The third-order valence-corrected chi connectivity index (χ3v) is 4.48. The standard InChI is InChI=1S/C15H22N6O3/c1-15(2)23-10-8(4-3-5-16)22-14(11(10)24-15)21-7-20-9-12(17)18-6-19-13(9)21/h6-8,10-11,14H,3-5,16H2,1-2H3,(H2,17,18,19)/t8-,10-,11+,14-/m1/s1. The van der Waals surface area contributed by atoms with Crippen LogP contribution in [0.1, 0.15) is 32.9 Å². The maximum Gasteiger partial charge on any atom is 0.167 e. The molecule has 0 spiro atoms. The van der Waals surface area contributed by atoms with Crippen LogP contribution in [0, 0.1) is 0 Å². The summed E-state index contributed by atoms with van der Waals surface area (Å²) in [6.45, 7) is 4.44. The van der Waals surface area contributed by atoms with Crippen molar-refractivity contribution in [1.29, 1.82) is 0 Å². The minimum Gasteiger partial charge on any atom is -0.382 e. The van der Waals surface area contributed by atoms with Crippen LogP contribution in [0.3, 0.4) is 0 Å². The Kier molecular flexibility index (Phi) is 3.68. The van der Waals surface area contributed by atoms with Crippen LogP contribution in [0.4, 0.5) is 5.82 Å². The number of fused-ring (bicyclic) bond motifs is 2. The van der Waals surface area contributed by atoms with Gasteiger partial charge in [-0.15, -0.1) is 0 Å². The monoisotopic (exact) mass is 334 g/mol. The van der Waals surface area contributed by atoms with Crippen molar-refractivity contribution in [2.75, 3.05) is 12.3 Å². The van der Waals surface area contributed by atoms with Crippen LogP contribution in [0.2, 0.25) is 0 Å². The van der Waals surface area contributed by atoms with Gasteiger partial charge in [0.1, 0.15) is 24.1 Å². The number of nitrogens with zero attached hydrogens (tertiary/aromatic N) is 4. The van der Waals surface area contributed by atoms with E-state index in [1.165, 1.54) is 6.33 Å². The van der Waals surface area contributed by atoms with Crippen molar-refractivity contribution in [1.82, 2.24) is 19.5 Å². The average molecular weight is 334 g/mol. The van der Waals surface area contributed by atoms with E-state index in [2.05, 4.69) is 15.0 Å². The van der Waals surface area contributed by atoms with E-state index in [1.807, 2.05) is 18.4 Å². The maximum absolute atomic E-state index is 6.23. The van der Waals surface area contributed by atoms with Crippen molar-refractivity contribution in [2.45, 2.75) is 57.0 Å². The second-order valence-corrected chi connectivity index (χ2v) is 6.64. The van der Waals surface area contributed by atoms with Crippen molar-refractivity contribution in [3.05, 3.63) is 12.7 Å². The summed E-state index contributed by atoms with van der Waals surface area (Å²) in [6, 6.07) is 0. The van der Waals surface area contributed by atoms with E-state index < -0.39 is 5.79 Å². The molecular formula is C15H22N6O3. The highest BCUT2D eigenvalue weighted by molar-refractivity contribution is 5.81. The number of hydrogen-bond donors (Lipinski definition) is 2.